The zero-order valence-electron chi connectivity index (χ0n) is 18.4. The van der Waals surface area contributed by atoms with Crippen LogP contribution in [0.25, 0.3) is 10.9 Å². The van der Waals surface area contributed by atoms with Gasteiger partial charge in [-0.1, -0.05) is 6.92 Å². The molecule has 1 aromatic carbocycles. The average molecular weight is 471 g/mol. The molecule has 1 N–H and O–H groups in total. The summed E-state index contributed by atoms with van der Waals surface area (Å²) in [4.78, 5) is 21.0. The first-order chi connectivity index (χ1) is 14.7. The third-order valence-corrected chi connectivity index (χ3v) is 6.38. The van der Waals surface area contributed by atoms with Gasteiger partial charge in [0, 0.05) is 49.4 Å². The maximum absolute atomic E-state index is 13.4. The van der Waals surface area contributed by atoms with Gasteiger partial charge in [-0.05, 0) is 62.5 Å². The summed E-state index contributed by atoms with van der Waals surface area (Å²) >= 11 is 0. The topological polar surface area (TPSA) is 48.5 Å². The van der Waals surface area contributed by atoms with Crippen LogP contribution < -0.4 is 10.2 Å². The van der Waals surface area contributed by atoms with E-state index in [1.165, 1.54) is 12.3 Å². The Morgan fingerprint density at radius 1 is 1.22 bits per heavy atom. The Morgan fingerprint density at radius 3 is 2.69 bits per heavy atom. The summed E-state index contributed by atoms with van der Waals surface area (Å²) in [6.45, 7) is 5.40. The van der Waals surface area contributed by atoms with Crippen LogP contribution in [0.3, 0.4) is 0 Å². The van der Waals surface area contributed by atoms with Crippen molar-refractivity contribution in [2.24, 2.45) is 11.8 Å². The number of amides is 1. The number of hydrogen-bond acceptors (Lipinski definition) is 4. The molecule has 1 amide bonds. The van der Waals surface area contributed by atoms with Gasteiger partial charge in [-0.15, -0.1) is 12.4 Å². The van der Waals surface area contributed by atoms with E-state index >= 15 is 0 Å². The van der Waals surface area contributed by atoms with Crippen LogP contribution >= 0.6 is 12.4 Å². The fourth-order valence-electron chi connectivity index (χ4n) is 5.06. The van der Waals surface area contributed by atoms with Gasteiger partial charge in [-0.2, -0.15) is 13.2 Å². The first kappa shape index (κ1) is 24.6. The third-order valence-electron chi connectivity index (χ3n) is 6.38. The summed E-state index contributed by atoms with van der Waals surface area (Å²) in [6.07, 6.45) is -0.623. The molecule has 5 nitrogen and oxygen atoms in total. The molecule has 0 radical (unpaired) electrons. The minimum absolute atomic E-state index is 0. The molecule has 3 heterocycles. The molecule has 0 bridgehead atoms. The van der Waals surface area contributed by atoms with Gasteiger partial charge in [0.25, 0.3) is 0 Å². The minimum atomic E-state index is -4.45. The van der Waals surface area contributed by atoms with E-state index in [0.29, 0.717) is 30.2 Å². The highest BCUT2D eigenvalue weighted by molar-refractivity contribution is 5.94. The number of rotatable bonds is 4. The zero-order valence-corrected chi connectivity index (χ0v) is 19.2. The number of nitrogens with one attached hydrogen (secondary N) is 1. The van der Waals surface area contributed by atoms with Crippen LogP contribution in [0, 0.1) is 11.8 Å². The molecule has 1 aromatic heterocycles. The number of nitrogens with zero attached hydrogens (tertiary/aromatic N) is 3. The highest BCUT2D eigenvalue weighted by atomic mass is 35.5. The summed E-state index contributed by atoms with van der Waals surface area (Å²) in [7, 11) is 2.07. The van der Waals surface area contributed by atoms with Gasteiger partial charge in [0.1, 0.15) is 0 Å². The number of pyridine rings is 1. The summed E-state index contributed by atoms with van der Waals surface area (Å²) in [5.74, 6) is 0.774. The molecular weight excluding hydrogens is 441 g/mol. The zero-order chi connectivity index (χ0) is 22.2. The van der Waals surface area contributed by atoms with Crippen molar-refractivity contribution in [1.29, 1.82) is 0 Å². The predicted octanol–water partition coefficient (Wildman–Crippen LogP) is 4.35. The number of carbonyl (C=O) groups excluding carboxylic acids is 1. The Balaban J connectivity index is 0.00000289. The monoisotopic (exact) mass is 470 g/mol. The highest BCUT2D eigenvalue weighted by Gasteiger charge is 2.35. The summed E-state index contributed by atoms with van der Waals surface area (Å²) < 4.78 is 40.3. The number of carbonyl (C=O) groups is 1. The number of likely N-dealkylation sites (tertiary alicyclic amines) is 1. The van der Waals surface area contributed by atoms with Crippen molar-refractivity contribution in [2.75, 3.05) is 38.1 Å². The summed E-state index contributed by atoms with van der Waals surface area (Å²) in [5, 5.41) is 3.67. The van der Waals surface area contributed by atoms with Gasteiger partial charge >= 0.3 is 6.18 Å². The molecule has 0 saturated carbocycles. The smallest absolute Gasteiger partial charge is 0.369 e. The number of alkyl halides is 3. The molecular formula is C23H30ClF3N4O. The second-order valence-electron chi connectivity index (χ2n) is 9.16. The van der Waals surface area contributed by atoms with Crippen molar-refractivity contribution < 1.29 is 18.0 Å². The van der Waals surface area contributed by atoms with Gasteiger partial charge in [0.05, 0.1) is 11.1 Å². The van der Waals surface area contributed by atoms with Gasteiger partial charge < -0.3 is 15.1 Å². The molecule has 4 rings (SSSR count). The van der Waals surface area contributed by atoms with Crippen molar-refractivity contribution in [1.82, 2.24) is 15.2 Å². The molecule has 176 valence electrons. The van der Waals surface area contributed by atoms with E-state index in [2.05, 4.69) is 34.1 Å². The lowest BCUT2D eigenvalue weighted by atomic mass is 9.94. The molecule has 2 aromatic rings. The second-order valence-corrected chi connectivity index (χ2v) is 9.16. The molecule has 3 atom stereocenters. The fraction of sp³-hybridized carbons (Fsp3) is 0.565. The number of benzene rings is 1. The van der Waals surface area contributed by atoms with Crippen LogP contribution in [-0.2, 0) is 11.0 Å². The van der Waals surface area contributed by atoms with E-state index in [-0.39, 0.29) is 29.9 Å². The Bertz CT molecular complexity index is 954. The fourth-order valence-corrected chi connectivity index (χ4v) is 5.06. The lowest BCUT2D eigenvalue weighted by molar-refractivity contribution is -0.136. The lowest BCUT2D eigenvalue weighted by Crippen LogP contribution is -2.50. The molecule has 9 heteroatoms. The van der Waals surface area contributed by atoms with E-state index in [1.807, 2.05) is 0 Å². The maximum atomic E-state index is 13.4. The van der Waals surface area contributed by atoms with Crippen molar-refractivity contribution in [3.8, 4) is 0 Å². The Morgan fingerprint density at radius 2 is 2.00 bits per heavy atom. The van der Waals surface area contributed by atoms with Gasteiger partial charge in [-0.25, -0.2) is 0 Å². The van der Waals surface area contributed by atoms with Crippen LogP contribution in [-0.4, -0.2) is 55.1 Å². The molecule has 2 saturated heterocycles. The molecule has 0 aliphatic carbocycles. The van der Waals surface area contributed by atoms with Crippen molar-refractivity contribution in [3.05, 3.63) is 36.0 Å². The van der Waals surface area contributed by atoms with Crippen molar-refractivity contribution in [2.45, 2.75) is 38.4 Å². The standard InChI is InChI=1S/C23H29F3N4O.ClH/c1-15-10-17(28-21(31)11-16-7-9-29(2)13-16)14-30(12-15)20-6-5-19(23(24,25)26)22-18(20)4-3-8-27-22;/h3-6,8,15-17H,7,9-14H2,1-2H3,(H,28,31);1H/t15-,16?,17+;/m0./s1. The van der Waals surface area contributed by atoms with Crippen molar-refractivity contribution in [3.63, 3.8) is 0 Å². The predicted molar refractivity (Wildman–Crippen MR) is 122 cm³/mol. The summed E-state index contributed by atoms with van der Waals surface area (Å²) in [5.41, 5.74) is -0.0146. The molecule has 1 unspecified atom stereocenters. The first-order valence-electron chi connectivity index (χ1n) is 10.9. The molecule has 0 spiro atoms. The third kappa shape index (κ3) is 5.46. The van der Waals surface area contributed by atoms with E-state index in [1.54, 1.807) is 12.1 Å². The normalized spacial score (nSPS) is 24.4. The molecule has 2 aliphatic rings. The highest BCUT2D eigenvalue weighted by Crippen LogP contribution is 2.38. The maximum Gasteiger partial charge on any atom is 0.418 e. The number of halogens is 4. The van der Waals surface area contributed by atoms with Crippen LogP contribution in [0.5, 0.6) is 0 Å². The van der Waals surface area contributed by atoms with E-state index in [0.717, 1.165) is 44.2 Å². The number of piperidine rings is 1. The van der Waals surface area contributed by atoms with Gasteiger partial charge in [0.2, 0.25) is 5.91 Å². The second kappa shape index (κ2) is 9.83. The van der Waals surface area contributed by atoms with Crippen LogP contribution in [0.4, 0.5) is 18.9 Å². The quantitative estimate of drug-likeness (QED) is 0.721. The number of anilines is 1. The van der Waals surface area contributed by atoms with E-state index < -0.39 is 11.7 Å². The van der Waals surface area contributed by atoms with Crippen LogP contribution in [0.2, 0.25) is 0 Å². The Labute approximate surface area is 192 Å². The number of hydrogen-bond donors (Lipinski definition) is 1. The number of fused-ring (bicyclic) bond motifs is 1. The SMILES string of the molecule is C[C@H]1C[C@@H](NC(=O)CC2CCN(C)C2)CN(c2ccc(C(F)(F)F)c3ncccc23)C1.Cl. The van der Waals surface area contributed by atoms with E-state index in [9.17, 15) is 18.0 Å². The van der Waals surface area contributed by atoms with Crippen LogP contribution in [0.1, 0.15) is 31.7 Å². The Kier molecular flexibility index (Phi) is 7.55. The van der Waals surface area contributed by atoms with E-state index in [4.69, 9.17) is 0 Å². The Hall–Kier alpha value is -2.06. The minimum Gasteiger partial charge on any atom is -0.369 e. The van der Waals surface area contributed by atoms with Gasteiger partial charge in [0.15, 0.2) is 0 Å². The molecule has 2 aliphatic heterocycles. The van der Waals surface area contributed by atoms with Gasteiger partial charge in [-0.3, -0.25) is 9.78 Å². The number of aromatic nitrogens is 1. The van der Waals surface area contributed by atoms with Crippen LogP contribution in [0.15, 0.2) is 30.5 Å². The molecule has 32 heavy (non-hydrogen) atoms. The molecule has 2 fully saturated rings. The average Bonchev–Trinajstić information content (AvgIpc) is 3.10. The first-order valence-corrected chi connectivity index (χ1v) is 10.9. The van der Waals surface area contributed by atoms with Crippen molar-refractivity contribution >= 4 is 34.9 Å². The summed E-state index contributed by atoms with van der Waals surface area (Å²) in [6, 6.07) is 5.99. The lowest BCUT2D eigenvalue weighted by Gasteiger charge is -2.39. The largest absolute Gasteiger partial charge is 0.418 e.